The molecule has 22 heavy (non-hydrogen) atoms. The Bertz CT molecular complexity index is 736. The van der Waals surface area contributed by atoms with Crippen LogP contribution in [0.1, 0.15) is 39.4 Å². The summed E-state index contributed by atoms with van der Waals surface area (Å²) in [6.45, 7) is 4.07. The molecule has 0 fully saturated rings. The maximum absolute atomic E-state index is 12.5. The summed E-state index contributed by atoms with van der Waals surface area (Å²) in [5, 5.41) is 3.15. The molecule has 1 N–H and O–H groups in total. The molecular formula is C17H19N3O2. The molecule has 2 aliphatic heterocycles. The van der Waals surface area contributed by atoms with Crippen molar-refractivity contribution in [2.24, 2.45) is 0 Å². The van der Waals surface area contributed by atoms with Gasteiger partial charge in [-0.1, -0.05) is 6.07 Å². The van der Waals surface area contributed by atoms with E-state index in [4.69, 9.17) is 4.74 Å². The highest BCUT2D eigenvalue weighted by atomic mass is 16.5. The Hall–Kier alpha value is -2.14. The first-order chi connectivity index (χ1) is 10.7. The number of rotatable bonds is 2. The zero-order chi connectivity index (χ0) is 15.1. The quantitative estimate of drug-likeness (QED) is 0.922. The van der Waals surface area contributed by atoms with Crippen molar-refractivity contribution in [2.45, 2.75) is 45.6 Å². The van der Waals surface area contributed by atoms with Crippen LogP contribution in [-0.2, 0) is 30.9 Å². The van der Waals surface area contributed by atoms with E-state index in [0.29, 0.717) is 13.2 Å². The van der Waals surface area contributed by atoms with Gasteiger partial charge in [-0.15, -0.1) is 0 Å². The first-order valence-electron chi connectivity index (χ1n) is 7.72. The van der Waals surface area contributed by atoms with Gasteiger partial charge in [0.1, 0.15) is 5.82 Å². The highest BCUT2D eigenvalue weighted by Crippen LogP contribution is 2.21. The van der Waals surface area contributed by atoms with Gasteiger partial charge < -0.3 is 14.6 Å². The Balaban J connectivity index is 1.46. The molecule has 3 heterocycles. The number of amides is 1. The number of ether oxygens (including phenoxy) is 1. The first kappa shape index (κ1) is 13.5. The fourth-order valence-electron chi connectivity index (χ4n) is 3.29. The van der Waals surface area contributed by atoms with Gasteiger partial charge in [0.05, 0.1) is 18.9 Å². The van der Waals surface area contributed by atoms with Gasteiger partial charge >= 0.3 is 0 Å². The predicted molar refractivity (Wildman–Crippen MR) is 81.5 cm³/mol. The number of aryl methyl sites for hydroxylation is 2. The van der Waals surface area contributed by atoms with Gasteiger partial charge in [-0.05, 0) is 36.6 Å². The number of carbonyl (C=O) groups is 1. The van der Waals surface area contributed by atoms with Crippen molar-refractivity contribution in [3.63, 3.8) is 0 Å². The molecule has 1 aromatic carbocycles. The minimum atomic E-state index is -0.0000118. The lowest BCUT2D eigenvalue weighted by Crippen LogP contribution is -2.40. The molecular weight excluding hydrogens is 278 g/mol. The highest BCUT2D eigenvalue weighted by Gasteiger charge is 2.22. The van der Waals surface area contributed by atoms with Crippen LogP contribution in [0.5, 0.6) is 0 Å². The van der Waals surface area contributed by atoms with Gasteiger partial charge in [0, 0.05) is 30.8 Å². The maximum atomic E-state index is 12.5. The fraction of sp³-hybridized carbons (Fsp3) is 0.412. The molecule has 114 valence electrons. The molecule has 5 heteroatoms. The van der Waals surface area contributed by atoms with Crippen LogP contribution >= 0.6 is 0 Å². The largest absolute Gasteiger partial charge is 0.372 e. The van der Waals surface area contributed by atoms with E-state index in [9.17, 15) is 4.79 Å². The molecule has 0 aliphatic carbocycles. The summed E-state index contributed by atoms with van der Waals surface area (Å²) in [4.78, 5) is 17.0. The van der Waals surface area contributed by atoms with Crippen LogP contribution in [0.2, 0.25) is 0 Å². The second-order valence-corrected chi connectivity index (χ2v) is 6.14. The Morgan fingerprint density at radius 3 is 3.14 bits per heavy atom. The minimum Gasteiger partial charge on any atom is -0.372 e. The summed E-state index contributed by atoms with van der Waals surface area (Å²) in [6, 6.07) is 6.00. The number of hydrogen-bond donors (Lipinski definition) is 1. The zero-order valence-corrected chi connectivity index (χ0v) is 12.6. The number of fused-ring (bicyclic) bond motifs is 2. The van der Waals surface area contributed by atoms with Gasteiger partial charge in [0.2, 0.25) is 0 Å². The lowest BCUT2D eigenvalue weighted by molar-refractivity contribution is 0.0927. The molecule has 0 radical (unpaired) electrons. The maximum Gasteiger partial charge on any atom is 0.251 e. The second-order valence-electron chi connectivity index (χ2n) is 6.14. The van der Waals surface area contributed by atoms with Gasteiger partial charge in [0.15, 0.2) is 0 Å². The Labute approximate surface area is 129 Å². The fourth-order valence-corrected chi connectivity index (χ4v) is 3.29. The molecule has 1 aromatic heterocycles. The summed E-state index contributed by atoms with van der Waals surface area (Å²) in [5.41, 5.74) is 4.08. The van der Waals surface area contributed by atoms with E-state index in [-0.39, 0.29) is 11.9 Å². The van der Waals surface area contributed by atoms with Gasteiger partial charge in [-0.25, -0.2) is 4.98 Å². The lowest BCUT2D eigenvalue weighted by Gasteiger charge is -2.24. The number of hydrogen-bond acceptors (Lipinski definition) is 3. The van der Waals surface area contributed by atoms with E-state index in [2.05, 4.69) is 21.1 Å². The van der Waals surface area contributed by atoms with Crippen LogP contribution in [-0.4, -0.2) is 21.5 Å². The third-order valence-corrected chi connectivity index (χ3v) is 4.43. The average Bonchev–Trinajstić information content (AvgIpc) is 3.10. The third kappa shape index (κ3) is 2.41. The lowest BCUT2D eigenvalue weighted by atomic mass is 10.0. The van der Waals surface area contributed by atoms with Crippen molar-refractivity contribution >= 4 is 5.91 Å². The normalized spacial score (nSPS) is 19.6. The molecule has 0 saturated carbocycles. The van der Waals surface area contributed by atoms with Gasteiger partial charge in [-0.2, -0.15) is 0 Å². The summed E-state index contributed by atoms with van der Waals surface area (Å²) in [5.74, 6) is 1.12. The van der Waals surface area contributed by atoms with Crippen molar-refractivity contribution < 1.29 is 9.53 Å². The summed E-state index contributed by atoms with van der Waals surface area (Å²) >= 11 is 0. The van der Waals surface area contributed by atoms with Crippen LogP contribution in [0.15, 0.2) is 24.4 Å². The van der Waals surface area contributed by atoms with Crippen molar-refractivity contribution in [1.29, 1.82) is 0 Å². The van der Waals surface area contributed by atoms with Gasteiger partial charge in [-0.3, -0.25) is 4.79 Å². The number of imidazole rings is 1. The summed E-state index contributed by atoms with van der Waals surface area (Å²) < 4.78 is 7.55. The molecule has 0 bridgehead atoms. The molecule has 2 aromatic rings. The molecule has 4 rings (SSSR count). The van der Waals surface area contributed by atoms with E-state index < -0.39 is 0 Å². The standard InChI is InChI=1S/C17H19N3O2/c1-11-7-20-8-15(4-5-16(20)18-11)19-17(21)12-2-3-13-9-22-10-14(13)6-12/h2-3,6-7,15H,4-5,8-10H2,1H3,(H,19,21). The number of aromatic nitrogens is 2. The average molecular weight is 297 g/mol. The monoisotopic (exact) mass is 297 g/mol. The predicted octanol–water partition coefficient (Wildman–Crippen LogP) is 1.97. The van der Waals surface area contributed by atoms with E-state index in [1.165, 1.54) is 5.56 Å². The molecule has 1 atom stereocenters. The SMILES string of the molecule is Cc1cn2c(n1)CCC(NC(=O)c1ccc3c(c1)COC3)C2. The molecule has 0 spiro atoms. The van der Waals surface area contributed by atoms with Gasteiger partial charge in [0.25, 0.3) is 5.91 Å². The first-order valence-corrected chi connectivity index (χ1v) is 7.72. The Morgan fingerprint density at radius 1 is 1.36 bits per heavy atom. The smallest absolute Gasteiger partial charge is 0.251 e. The minimum absolute atomic E-state index is 0.0000118. The molecule has 5 nitrogen and oxygen atoms in total. The second kappa shape index (κ2) is 5.25. The van der Waals surface area contributed by atoms with Crippen LogP contribution in [0.25, 0.3) is 0 Å². The zero-order valence-electron chi connectivity index (χ0n) is 12.6. The van der Waals surface area contributed by atoms with E-state index >= 15 is 0 Å². The Kier molecular flexibility index (Phi) is 3.22. The van der Waals surface area contributed by atoms with E-state index in [1.54, 1.807) is 0 Å². The van der Waals surface area contributed by atoms with Crippen molar-refractivity contribution in [3.05, 3.63) is 52.6 Å². The summed E-state index contributed by atoms with van der Waals surface area (Å²) in [7, 11) is 0. The number of benzene rings is 1. The number of nitrogens with one attached hydrogen (secondary N) is 1. The van der Waals surface area contributed by atoms with Crippen molar-refractivity contribution in [2.75, 3.05) is 0 Å². The Morgan fingerprint density at radius 2 is 2.23 bits per heavy atom. The highest BCUT2D eigenvalue weighted by molar-refractivity contribution is 5.94. The van der Waals surface area contributed by atoms with Crippen LogP contribution in [0.4, 0.5) is 0 Å². The number of carbonyl (C=O) groups excluding carboxylic acids is 1. The third-order valence-electron chi connectivity index (χ3n) is 4.43. The van der Waals surface area contributed by atoms with Crippen LogP contribution in [0.3, 0.4) is 0 Å². The molecule has 1 unspecified atom stereocenters. The molecule has 2 aliphatic rings. The van der Waals surface area contributed by atoms with E-state index in [0.717, 1.165) is 42.0 Å². The summed E-state index contributed by atoms with van der Waals surface area (Å²) in [6.07, 6.45) is 3.91. The number of nitrogens with zero attached hydrogens (tertiary/aromatic N) is 2. The van der Waals surface area contributed by atoms with Crippen molar-refractivity contribution in [3.8, 4) is 0 Å². The van der Waals surface area contributed by atoms with E-state index in [1.807, 2.05) is 25.1 Å². The van der Waals surface area contributed by atoms with Crippen LogP contribution < -0.4 is 5.32 Å². The molecule has 1 amide bonds. The molecule has 0 saturated heterocycles. The topological polar surface area (TPSA) is 56.2 Å². The van der Waals surface area contributed by atoms with Crippen LogP contribution in [0, 0.1) is 6.92 Å². The van der Waals surface area contributed by atoms with Crippen molar-refractivity contribution in [1.82, 2.24) is 14.9 Å².